The number of carboxylic acids is 1. The Bertz CT molecular complexity index is 267. The zero-order valence-electron chi connectivity index (χ0n) is 9.81. The molecule has 0 unspecified atom stereocenters. The maximum atomic E-state index is 11.2. The second kappa shape index (κ2) is 5.84. The summed E-state index contributed by atoms with van der Waals surface area (Å²) in [5.41, 5.74) is 0. The van der Waals surface area contributed by atoms with Crippen LogP contribution >= 0.6 is 0 Å². The van der Waals surface area contributed by atoms with Crippen LogP contribution < -0.4 is 0 Å². The van der Waals surface area contributed by atoms with Crippen LogP contribution in [-0.2, 0) is 14.3 Å². The molecule has 0 aliphatic carbocycles. The average molecular weight is 229 g/mol. The van der Waals surface area contributed by atoms with Crippen LogP contribution in [0, 0.1) is 11.8 Å². The Morgan fingerprint density at radius 3 is 2.56 bits per heavy atom. The van der Waals surface area contributed by atoms with Crippen LogP contribution in [0.2, 0.25) is 0 Å². The van der Waals surface area contributed by atoms with Crippen LogP contribution in [0.15, 0.2) is 0 Å². The van der Waals surface area contributed by atoms with Gasteiger partial charge in [-0.1, -0.05) is 0 Å². The zero-order valence-corrected chi connectivity index (χ0v) is 9.81. The Hall–Kier alpha value is -1.10. The van der Waals surface area contributed by atoms with Gasteiger partial charge in [0, 0.05) is 6.42 Å². The lowest BCUT2D eigenvalue weighted by Crippen LogP contribution is -2.26. The molecule has 1 aliphatic rings. The SMILES string of the molecule is COC(=O)C[C@H]1CCN(C)CC[C@H]1C(=O)O. The fourth-order valence-corrected chi connectivity index (χ4v) is 2.16. The Labute approximate surface area is 95.4 Å². The minimum atomic E-state index is -0.802. The number of nitrogens with zero attached hydrogens (tertiary/aromatic N) is 1. The third-order valence-electron chi connectivity index (χ3n) is 3.25. The van der Waals surface area contributed by atoms with Gasteiger partial charge in [0.15, 0.2) is 0 Å². The van der Waals surface area contributed by atoms with E-state index in [1.54, 1.807) is 0 Å². The summed E-state index contributed by atoms with van der Waals surface area (Å²) in [6.45, 7) is 1.61. The molecule has 1 N–H and O–H groups in total. The van der Waals surface area contributed by atoms with E-state index in [1.165, 1.54) is 7.11 Å². The van der Waals surface area contributed by atoms with E-state index < -0.39 is 11.9 Å². The van der Waals surface area contributed by atoms with E-state index in [0.717, 1.165) is 19.5 Å². The third-order valence-corrected chi connectivity index (χ3v) is 3.25. The lowest BCUT2D eigenvalue weighted by Gasteiger charge is -2.19. The van der Waals surface area contributed by atoms with Gasteiger partial charge < -0.3 is 14.7 Å². The number of likely N-dealkylation sites (tertiary alicyclic amines) is 1. The molecule has 1 heterocycles. The van der Waals surface area contributed by atoms with E-state index in [-0.39, 0.29) is 18.3 Å². The van der Waals surface area contributed by atoms with Crippen molar-refractivity contribution in [2.75, 3.05) is 27.2 Å². The zero-order chi connectivity index (χ0) is 12.1. The molecule has 0 aromatic carbocycles. The first kappa shape index (κ1) is 13.0. The summed E-state index contributed by atoms with van der Waals surface area (Å²) < 4.78 is 4.60. The molecule has 1 aliphatic heterocycles. The molecule has 1 fully saturated rings. The molecule has 0 radical (unpaired) electrons. The van der Waals surface area contributed by atoms with Gasteiger partial charge in [-0.05, 0) is 38.9 Å². The Kier molecular flexibility index (Phi) is 4.73. The second-order valence-corrected chi connectivity index (χ2v) is 4.37. The summed E-state index contributed by atoms with van der Waals surface area (Å²) in [6, 6.07) is 0. The van der Waals surface area contributed by atoms with E-state index in [2.05, 4.69) is 9.64 Å². The Morgan fingerprint density at radius 1 is 1.38 bits per heavy atom. The van der Waals surface area contributed by atoms with E-state index in [9.17, 15) is 9.59 Å². The number of hydrogen-bond acceptors (Lipinski definition) is 4. The van der Waals surface area contributed by atoms with Crippen LogP contribution in [0.4, 0.5) is 0 Å². The molecule has 92 valence electrons. The lowest BCUT2D eigenvalue weighted by atomic mass is 9.85. The highest BCUT2D eigenvalue weighted by molar-refractivity contribution is 5.73. The molecule has 5 heteroatoms. The predicted molar refractivity (Wildman–Crippen MR) is 58.0 cm³/mol. The summed E-state index contributed by atoms with van der Waals surface area (Å²) in [4.78, 5) is 24.4. The molecule has 0 spiro atoms. The van der Waals surface area contributed by atoms with Crippen LogP contribution in [0.5, 0.6) is 0 Å². The number of carbonyl (C=O) groups is 2. The van der Waals surface area contributed by atoms with Gasteiger partial charge in [0.25, 0.3) is 0 Å². The van der Waals surface area contributed by atoms with E-state index in [4.69, 9.17) is 5.11 Å². The number of ether oxygens (including phenoxy) is 1. The van der Waals surface area contributed by atoms with Crippen molar-refractivity contribution in [2.24, 2.45) is 11.8 Å². The van der Waals surface area contributed by atoms with Crippen LogP contribution in [0.1, 0.15) is 19.3 Å². The molecular weight excluding hydrogens is 210 g/mol. The van der Waals surface area contributed by atoms with E-state index in [1.807, 2.05) is 7.05 Å². The number of aliphatic carboxylic acids is 1. The summed E-state index contributed by atoms with van der Waals surface area (Å²) in [7, 11) is 3.31. The number of carbonyl (C=O) groups excluding carboxylic acids is 1. The largest absolute Gasteiger partial charge is 0.481 e. The standard InChI is InChI=1S/C11H19NO4/c1-12-5-3-8(7-10(13)16-2)9(4-6-12)11(14)15/h8-9H,3-7H2,1-2H3,(H,14,15)/t8-,9-/m1/s1. The molecule has 5 nitrogen and oxygen atoms in total. The summed E-state index contributed by atoms with van der Waals surface area (Å²) >= 11 is 0. The van der Waals surface area contributed by atoms with Gasteiger partial charge in [0.1, 0.15) is 0 Å². The minimum absolute atomic E-state index is 0.102. The number of hydrogen-bond donors (Lipinski definition) is 1. The van der Waals surface area contributed by atoms with Crippen molar-refractivity contribution in [3.63, 3.8) is 0 Å². The lowest BCUT2D eigenvalue weighted by molar-refractivity contribution is -0.146. The molecule has 0 amide bonds. The monoisotopic (exact) mass is 229 g/mol. The number of carboxylic acid groups (broad SMARTS) is 1. The topological polar surface area (TPSA) is 66.8 Å². The van der Waals surface area contributed by atoms with Crippen molar-refractivity contribution in [1.29, 1.82) is 0 Å². The first-order valence-corrected chi connectivity index (χ1v) is 5.52. The molecular formula is C11H19NO4. The quantitative estimate of drug-likeness (QED) is 0.717. The van der Waals surface area contributed by atoms with Gasteiger partial charge >= 0.3 is 11.9 Å². The third kappa shape index (κ3) is 3.48. The van der Waals surface area contributed by atoms with Crippen molar-refractivity contribution in [3.05, 3.63) is 0 Å². The van der Waals surface area contributed by atoms with Crippen molar-refractivity contribution >= 4 is 11.9 Å². The number of methoxy groups -OCH3 is 1. The molecule has 0 aromatic rings. The molecule has 16 heavy (non-hydrogen) atoms. The van der Waals surface area contributed by atoms with Crippen molar-refractivity contribution in [2.45, 2.75) is 19.3 Å². The van der Waals surface area contributed by atoms with Crippen molar-refractivity contribution in [3.8, 4) is 0 Å². The Balaban J connectivity index is 2.67. The van der Waals surface area contributed by atoms with Crippen molar-refractivity contribution < 1.29 is 19.4 Å². The van der Waals surface area contributed by atoms with E-state index in [0.29, 0.717) is 6.42 Å². The molecule has 1 saturated heterocycles. The maximum absolute atomic E-state index is 11.2. The summed E-state index contributed by atoms with van der Waals surface area (Å²) in [6.07, 6.45) is 1.55. The van der Waals surface area contributed by atoms with Crippen LogP contribution in [-0.4, -0.2) is 49.2 Å². The van der Waals surface area contributed by atoms with E-state index >= 15 is 0 Å². The molecule has 0 aromatic heterocycles. The highest BCUT2D eigenvalue weighted by atomic mass is 16.5. The predicted octanol–water partition coefficient (Wildman–Crippen LogP) is 0.592. The number of esters is 1. The first-order valence-electron chi connectivity index (χ1n) is 5.52. The van der Waals surface area contributed by atoms with Gasteiger partial charge in [0.05, 0.1) is 13.0 Å². The van der Waals surface area contributed by atoms with Gasteiger partial charge in [-0.2, -0.15) is 0 Å². The van der Waals surface area contributed by atoms with Crippen LogP contribution in [0.25, 0.3) is 0 Å². The normalized spacial score (nSPS) is 27.1. The van der Waals surface area contributed by atoms with Crippen molar-refractivity contribution in [1.82, 2.24) is 4.90 Å². The average Bonchev–Trinajstić information content (AvgIpc) is 2.41. The fraction of sp³-hybridized carbons (Fsp3) is 0.818. The number of rotatable bonds is 3. The maximum Gasteiger partial charge on any atom is 0.306 e. The Morgan fingerprint density at radius 2 is 2.00 bits per heavy atom. The second-order valence-electron chi connectivity index (χ2n) is 4.37. The first-order chi connectivity index (χ1) is 7.54. The fourth-order valence-electron chi connectivity index (χ4n) is 2.16. The van der Waals surface area contributed by atoms with Gasteiger partial charge in [0.2, 0.25) is 0 Å². The van der Waals surface area contributed by atoms with Gasteiger partial charge in [-0.15, -0.1) is 0 Å². The van der Waals surface area contributed by atoms with Gasteiger partial charge in [-0.3, -0.25) is 9.59 Å². The summed E-state index contributed by atoms with van der Waals surface area (Å²) in [5.74, 6) is -1.65. The molecule has 2 atom stereocenters. The molecule has 1 rings (SSSR count). The molecule has 0 saturated carbocycles. The van der Waals surface area contributed by atoms with Crippen LogP contribution in [0.3, 0.4) is 0 Å². The summed E-state index contributed by atoms with van der Waals surface area (Å²) in [5, 5.41) is 9.13. The highest BCUT2D eigenvalue weighted by Gasteiger charge is 2.32. The smallest absolute Gasteiger partial charge is 0.306 e. The minimum Gasteiger partial charge on any atom is -0.481 e. The van der Waals surface area contributed by atoms with Gasteiger partial charge in [-0.25, -0.2) is 0 Å². The highest BCUT2D eigenvalue weighted by Crippen LogP contribution is 2.27. The molecule has 0 bridgehead atoms.